The van der Waals surface area contributed by atoms with Crippen molar-refractivity contribution < 1.29 is 0 Å². The van der Waals surface area contributed by atoms with Crippen molar-refractivity contribution in [1.82, 2.24) is 4.90 Å². The molecule has 0 radical (unpaired) electrons. The van der Waals surface area contributed by atoms with Crippen molar-refractivity contribution in [2.45, 2.75) is 66.2 Å². The molecule has 0 saturated carbocycles. The molecule has 0 spiro atoms. The number of rotatable bonds is 10. The van der Waals surface area contributed by atoms with Gasteiger partial charge in [0.15, 0.2) is 0 Å². The average molecular weight is 213 g/mol. The Morgan fingerprint density at radius 1 is 0.800 bits per heavy atom. The molecule has 0 heterocycles. The van der Waals surface area contributed by atoms with Crippen LogP contribution in [0.2, 0.25) is 0 Å². The van der Waals surface area contributed by atoms with E-state index in [1.165, 1.54) is 58.2 Å². The van der Waals surface area contributed by atoms with Gasteiger partial charge in [-0.3, -0.25) is 0 Å². The van der Waals surface area contributed by atoms with E-state index >= 15 is 0 Å². The quantitative estimate of drug-likeness (QED) is 0.488. The molecule has 0 aliphatic rings. The van der Waals surface area contributed by atoms with Gasteiger partial charge in [-0.05, 0) is 32.0 Å². The highest BCUT2D eigenvalue weighted by Crippen LogP contribution is 2.16. The molecule has 0 amide bonds. The normalized spacial score (nSPS) is 11.6. The van der Waals surface area contributed by atoms with Crippen molar-refractivity contribution in [1.29, 1.82) is 0 Å². The molecule has 92 valence electrons. The Balaban J connectivity index is 3.30. The van der Waals surface area contributed by atoms with Crippen LogP contribution in [0.15, 0.2) is 0 Å². The fourth-order valence-electron chi connectivity index (χ4n) is 2.18. The summed E-state index contributed by atoms with van der Waals surface area (Å²) in [5.74, 6) is 0.985. The Labute approximate surface area is 97.2 Å². The maximum Gasteiger partial charge on any atom is -0.00190 e. The number of hydrogen-bond acceptors (Lipinski definition) is 1. The van der Waals surface area contributed by atoms with Crippen molar-refractivity contribution in [3.05, 3.63) is 0 Å². The molecule has 0 aromatic carbocycles. The number of hydrogen-bond donors (Lipinski definition) is 0. The zero-order chi connectivity index (χ0) is 11.5. The first-order valence-corrected chi connectivity index (χ1v) is 7.00. The molecule has 0 bridgehead atoms. The van der Waals surface area contributed by atoms with Crippen LogP contribution in [0.3, 0.4) is 0 Å². The Bertz CT molecular complexity index is 101. The molecule has 1 heteroatoms. The first-order chi connectivity index (χ1) is 7.28. The zero-order valence-corrected chi connectivity index (χ0v) is 11.4. The van der Waals surface area contributed by atoms with Crippen LogP contribution in [0.1, 0.15) is 66.2 Å². The van der Waals surface area contributed by atoms with Crippen LogP contribution in [-0.2, 0) is 0 Å². The molecule has 0 fully saturated rings. The van der Waals surface area contributed by atoms with Gasteiger partial charge in [0.1, 0.15) is 0 Å². The summed E-state index contributed by atoms with van der Waals surface area (Å²) in [6.45, 7) is 12.9. The lowest BCUT2D eigenvalue weighted by molar-refractivity contribution is 0.293. The molecule has 0 aliphatic carbocycles. The van der Waals surface area contributed by atoms with E-state index in [2.05, 4.69) is 32.6 Å². The predicted molar refractivity (Wildman–Crippen MR) is 70.3 cm³/mol. The third-order valence-electron chi connectivity index (χ3n) is 3.64. The molecule has 1 nitrogen and oxygen atoms in total. The summed E-state index contributed by atoms with van der Waals surface area (Å²) in [7, 11) is 0. The monoisotopic (exact) mass is 213 g/mol. The maximum absolute atomic E-state index is 2.52. The van der Waals surface area contributed by atoms with Gasteiger partial charge in [-0.2, -0.15) is 0 Å². The van der Waals surface area contributed by atoms with E-state index < -0.39 is 0 Å². The fourth-order valence-corrected chi connectivity index (χ4v) is 2.18. The van der Waals surface area contributed by atoms with Crippen LogP contribution in [-0.4, -0.2) is 24.5 Å². The Kier molecular flexibility index (Phi) is 10.4. The lowest BCUT2D eigenvalue weighted by atomic mass is 9.96. The van der Waals surface area contributed by atoms with Gasteiger partial charge >= 0.3 is 0 Å². The van der Waals surface area contributed by atoms with Crippen LogP contribution < -0.4 is 0 Å². The Morgan fingerprint density at radius 3 is 1.87 bits per heavy atom. The van der Waals surface area contributed by atoms with Crippen LogP contribution in [0, 0.1) is 5.92 Å². The van der Waals surface area contributed by atoms with E-state index in [4.69, 9.17) is 0 Å². The van der Waals surface area contributed by atoms with Crippen LogP contribution in [0.4, 0.5) is 0 Å². The smallest absolute Gasteiger partial charge is 0.00190 e. The highest BCUT2D eigenvalue weighted by Gasteiger charge is 2.03. The second kappa shape index (κ2) is 10.5. The van der Waals surface area contributed by atoms with Crippen molar-refractivity contribution in [2.75, 3.05) is 19.6 Å². The van der Waals surface area contributed by atoms with E-state index in [0.29, 0.717) is 0 Å². The molecular formula is C14H31N. The summed E-state index contributed by atoms with van der Waals surface area (Å²) in [6, 6.07) is 0. The second-order valence-electron chi connectivity index (χ2n) is 4.56. The summed E-state index contributed by atoms with van der Waals surface area (Å²) < 4.78 is 0. The number of unbranched alkanes of at least 4 members (excludes halogenated alkanes) is 2. The van der Waals surface area contributed by atoms with E-state index in [0.717, 1.165) is 5.92 Å². The van der Waals surface area contributed by atoms with Gasteiger partial charge in [-0.15, -0.1) is 0 Å². The molecule has 0 saturated heterocycles. The van der Waals surface area contributed by atoms with Gasteiger partial charge in [0.25, 0.3) is 0 Å². The lowest BCUT2D eigenvalue weighted by Gasteiger charge is -2.18. The first kappa shape index (κ1) is 15.0. The van der Waals surface area contributed by atoms with Gasteiger partial charge in [0.2, 0.25) is 0 Å². The maximum atomic E-state index is 2.52. The molecule has 0 unspecified atom stereocenters. The highest BCUT2D eigenvalue weighted by molar-refractivity contribution is 4.57. The average Bonchev–Trinajstić information content (AvgIpc) is 2.29. The van der Waals surface area contributed by atoms with Crippen molar-refractivity contribution in [2.24, 2.45) is 5.92 Å². The molecule has 0 aliphatic heterocycles. The van der Waals surface area contributed by atoms with E-state index in [9.17, 15) is 0 Å². The minimum absolute atomic E-state index is 0.985. The molecule has 0 N–H and O–H groups in total. The van der Waals surface area contributed by atoms with Gasteiger partial charge in [-0.1, -0.05) is 59.8 Å². The molecule has 15 heavy (non-hydrogen) atoms. The van der Waals surface area contributed by atoms with Crippen LogP contribution >= 0.6 is 0 Å². The molecule has 0 rings (SSSR count). The molecule has 0 aromatic heterocycles. The Morgan fingerprint density at radius 2 is 1.40 bits per heavy atom. The van der Waals surface area contributed by atoms with E-state index in [-0.39, 0.29) is 0 Å². The zero-order valence-electron chi connectivity index (χ0n) is 11.4. The predicted octanol–water partition coefficient (Wildman–Crippen LogP) is 4.32. The Hall–Kier alpha value is -0.0400. The topological polar surface area (TPSA) is 3.24 Å². The molecular weight excluding hydrogens is 182 g/mol. The minimum atomic E-state index is 0.985. The third-order valence-corrected chi connectivity index (χ3v) is 3.64. The highest BCUT2D eigenvalue weighted by atomic mass is 15.1. The molecule has 0 atom stereocenters. The van der Waals surface area contributed by atoms with Gasteiger partial charge in [0.05, 0.1) is 0 Å². The van der Waals surface area contributed by atoms with Crippen molar-refractivity contribution in [3.63, 3.8) is 0 Å². The van der Waals surface area contributed by atoms with Crippen molar-refractivity contribution in [3.8, 4) is 0 Å². The summed E-state index contributed by atoms with van der Waals surface area (Å²) in [5, 5.41) is 0. The van der Waals surface area contributed by atoms with E-state index in [1.807, 2.05) is 0 Å². The SMILES string of the molecule is CCC(CC)CCCCCN(CC)CC. The van der Waals surface area contributed by atoms with Gasteiger partial charge in [-0.25, -0.2) is 0 Å². The fraction of sp³-hybridized carbons (Fsp3) is 1.00. The first-order valence-electron chi connectivity index (χ1n) is 7.00. The second-order valence-corrected chi connectivity index (χ2v) is 4.56. The largest absolute Gasteiger partial charge is 0.304 e. The summed E-state index contributed by atoms with van der Waals surface area (Å²) in [4.78, 5) is 2.52. The number of nitrogens with zero attached hydrogens (tertiary/aromatic N) is 1. The van der Waals surface area contributed by atoms with E-state index in [1.54, 1.807) is 0 Å². The minimum Gasteiger partial charge on any atom is -0.304 e. The summed E-state index contributed by atoms with van der Waals surface area (Å²) >= 11 is 0. The standard InChI is InChI=1S/C14H31N/c1-5-14(6-2)12-10-9-11-13-15(7-3)8-4/h14H,5-13H2,1-4H3. The summed E-state index contributed by atoms with van der Waals surface area (Å²) in [5.41, 5.74) is 0. The lowest BCUT2D eigenvalue weighted by Crippen LogP contribution is -2.23. The summed E-state index contributed by atoms with van der Waals surface area (Å²) in [6.07, 6.45) is 8.44. The van der Waals surface area contributed by atoms with Crippen LogP contribution in [0.5, 0.6) is 0 Å². The third kappa shape index (κ3) is 7.84. The van der Waals surface area contributed by atoms with Gasteiger partial charge < -0.3 is 4.90 Å². The van der Waals surface area contributed by atoms with Gasteiger partial charge in [0, 0.05) is 0 Å². The molecule has 0 aromatic rings. The van der Waals surface area contributed by atoms with Crippen LogP contribution in [0.25, 0.3) is 0 Å². The van der Waals surface area contributed by atoms with Crippen molar-refractivity contribution >= 4 is 0 Å².